The van der Waals surface area contributed by atoms with E-state index in [4.69, 9.17) is 23.2 Å². The lowest BCUT2D eigenvalue weighted by atomic mass is 10.1. The molecule has 0 aliphatic rings. The van der Waals surface area contributed by atoms with Gasteiger partial charge in [-0.15, -0.1) is 0 Å². The molecule has 0 aliphatic carbocycles. The van der Waals surface area contributed by atoms with E-state index in [-0.39, 0.29) is 11.9 Å². The smallest absolute Gasteiger partial charge is 0.224 e. The van der Waals surface area contributed by atoms with Crippen LogP contribution in [-0.4, -0.2) is 5.91 Å². The second-order valence-corrected chi connectivity index (χ2v) is 6.21. The van der Waals surface area contributed by atoms with E-state index >= 15 is 0 Å². The lowest BCUT2D eigenvalue weighted by molar-refractivity contribution is -0.115. The minimum atomic E-state index is 0.0151. The van der Waals surface area contributed by atoms with Crippen LogP contribution in [0.3, 0.4) is 0 Å². The van der Waals surface area contributed by atoms with Crippen LogP contribution in [0, 0.1) is 0 Å². The average molecular weight is 351 g/mol. The average Bonchev–Trinajstić information content (AvgIpc) is 2.54. The van der Waals surface area contributed by atoms with Crippen molar-refractivity contribution in [2.45, 2.75) is 32.9 Å². The SMILES string of the molecule is CCC(=O)Nc1ccc(C(C)NCc2ccc(Cl)cc2Cl)cc1. The van der Waals surface area contributed by atoms with Gasteiger partial charge in [0.2, 0.25) is 5.91 Å². The number of nitrogens with one attached hydrogen (secondary N) is 2. The van der Waals surface area contributed by atoms with Crippen molar-refractivity contribution in [2.75, 3.05) is 5.32 Å². The Balaban J connectivity index is 1.95. The molecule has 0 bridgehead atoms. The Kier molecular flexibility index (Phi) is 6.46. The maximum absolute atomic E-state index is 11.4. The summed E-state index contributed by atoms with van der Waals surface area (Å²) in [6.45, 7) is 4.58. The van der Waals surface area contributed by atoms with Gasteiger partial charge in [-0.2, -0.15) is 0 Å². The molecule has 1 amide bonds. The third kappa shape index (κ3) is 5.24. The molecule has 0 spiro atoms. The molecule has 2 aromatic carbocycles. The number of halogens is 2. The Morgan fingerprint density at radius 1 is 1.13 bits per heavy atom. The quantitative estimate of drug-likeness (QED) is 0.752. The van der Waals surface area contributed by atoms with Gasteiger partial charge in [0.25, 0.3) is 0 Å². The number of benzene rings is 2. The van der Waals surface area contributed by atoms with Crippen molar-refractivity contribution in [3.63, 3.8) is 0 Å². The molecule has 122 valence electrons. The zero-order chi connectivity index (χ0) is 16.8. The van der Waals surface area contributed by atoms with Gasteiger partial charge in [0.1, 0.15) is 0 Å². The molecule has 0 aromatic heterocycles. The maximum atomic E-state index is 11.4. The Hall–Kier alpha value is -1.55. The number of carbonyl (C=O) groups excluding carboxylic acids is 1. The normalized spacial score (nSPS) is 12.0. The van der Waals surface area contributed by atoms with E-state index < -0.39 is 0 Å². The fraction of sp³-hybridized carbons (Fsp3) is 0.278. The molecular formula is C18H20Cl2N2O. The molecule has 0 saturated heterocycles. The van der Waals surface area contributed by atoms with Gasteiger partial charge in [0.05, 0.1) is 0 Å². The van der Waals surface area contributed by atoms with Crippen LogP contribution >= 0.6 is 23.2 Å². The first kappa shape index (κ1) is 17.8. The molecule has 0 fully saturated rings. The second kappa shape index (κ2) is 8.34. The highest BCUT2D eigenvalue weighted by Gasteiger charge is 2.07. The van der Waals surface area contributed by atoms with E-state index in [0.29, 0.717) is 23.0 Å². The van der Waals surface area contributed by atoms with Crippen LogP contribution in [0.25, 0.3) is 0 Å². The van der Waals surface area contributed by atoms with Gasteiger partial charge in [0.15, 0.2) is 0 Å². The van der Waals surface area contributed by atoms with Crippen LogP contribution in [0.4, 0.5) is 5.69 Å². The van der Waals surface area contributed by atoms with Crippen LogP contribution < -0.4 is 10.6 Å². The number of anilines is 1. The van der Waals surface area contributed by atoms with E-state index in [1.165, 1.54) is 0 Å². The van der Waals surface area contributed by atoms with Gasteiger partial charge >= 0.3 is 0 Å². The van der Waals surface area contributed by atoms with E-state index in [1.54, 1.807) is 6.07 Å². The summed E-state index contributed by atoms with van der Waals surface area (Å²) in [5, 5.41) is 7.57. The Morgan fingerprint density at radius 3 is 2.43 bits per heavy atom. The lowest BCUT2D eigenvalue weighted by Gasteiger charge is -2.16. The summed E-state index contributed by atoms with van der Waals surface area (Å²) < 4.78 is 0. The first-order chi connectivity index (χ1) is 11.0. The molecule has 23 heavy (non-hydrogen) atoms. The Labute approximate surface area is 147 Å². The van der Waals surface area contributed by atoms with Gasteiger partial charge in [-0.3, -0.25) is 4.79 Å². The third-order valence-corrected chi connectivity index (χ3v) is 4.22. The second-order valence-electron chi connectivity index (χ2n) is 5.36. The van der Waals surface area contributed by atoms with Crippen molar-refractivity contribution < 1.29 is 4.79 Å². The standard InChI is InChI=1S/C18H20Cl2N2O/c1-3-18(23)22-16-8-5-13(6-9-16)12(2)21-11-14-4-7-15(19)10-17(14)20/h4-10,12,21H,3,11H2,1-2H3,(H,22,23). The zero-order valence-electron chi connectivity index (χ0n) is 13.2. The van der Waals surface area contributed by atoms with Gasteiger partial charge in [-0.05, 0) is 42.3 Å². The fourth-order valence-corrected chi connectivity index (χ4v) is 2.63. The van der Waals surface area contributed by atoms with Crippen molar-refractivity contribution in [2.24, 2.45) is 0 Å². The van der Waals surface area contributed by atoms with Gasteiger partial charge < -0.3 is 10.6 Å². The topological polar surface area (TPSA) is 41.1 Å². The molecule has 3 nitrogen and oxygen atoms in total. The highest BCUT2D eigenvalue weighted by Crippen LogP contribution is 2.22. The number of carbonyl (C=O) groups is 1. The summed E-state index contributed by atoms with van der Waals surface area (Å²) in [5.41, 5.74) is 2.97. The van der Waals surface area contributed by atoms with Crippen molar-refractivity contribution in [1.82, 2.24) is 5.32 Å². The molecule has 1 atom stereocenters. The van der Waals surface area contributed by atoms with E-state index in [2.05, 4.69) is 17.6 Å². The Morgan fingerprint density at radius 2 is 1.83 bits per heavy atom. The molecule has 1 unspecified atom stereocenters. The fourth-order valence-electron chi connectivity index (χ4n) is 2.15. The van der Waals surface area contributed by atoms with Gasteiger partial charge in [0, 0.05) is 34.7 Å². The molecule has 0 heterocycles. The van der Waals surface area contributed by atoms with Crippen LogP contribution in [0.2, 0.25) is 10.0 Å². The first-order valence-electron chi connectivity index (χ1n) is 7.56. The molecule has 2 rings (SSSR count). The largest absolute Gasteiger partial charge is 0.326 e. The van der Waals surface area contributed by atoms with Crippen molar-refractivity contribution >= 4 is 34.8 Å². The summed E-state index contributed by atoms with van der Waals surface area (Å²) in [7, 11) is 0. The number of hydrogen-bond acceptors (Lipinski definition) is 2. The number of amides is 1. The third-order valence-electron chi connectivity index (χ3n) is 3.63. The summed E-state index contributed by atoms with van der Waals surface area (Å²) in [6.07, 6.45) is 0.474. The first-order valence-corrected chi connectivity index (χ1v) is 8.32. The molecule has 0 saturated carbocycles. The summed E-state index contributed by atoms with van der Waals surface area (Å²) >= 11 is 12.1. The van der Waals surface area contributed by atoms with Crippen LogP contribution in [-0.2, 0) is 11.3 Å². The summed E-state index contributed by atoms with van der Waals surface area (Å²) in [5.74, 6) is 0.0151. The number of hydrogen-bond donors (Lipinski definition) is 2. The lowest BCUT2D eigenvalue weighted by Crippen LogP contribution is -2.18. The monoisotopic (exact) mass is 350 g/mol. The molecule has 2 N–H and O–H groups in total. The van der Waals surface area contributed by atoms with E-state index in [1.807, 2.05) is 43.3 Å². The predicted molar refractivity (Wildman–Crippen MR) is 97.1 cm³/mol. The van der Waals surface area contributed by atoms with Crippen LogP contribution in [0.5, 0.6) is 0 Å². The Bertz CT molecular complexity index is 671. The number of rotatable bonds is 6. The minimum Gasteiger partial charge on any atom is -0.326 e. The highest BCUT2D eigenvalue weighted by molar-refractivity contribution is 6.35. The van der Waals surface area contributed by atoms with Gasteiger partial charge in [-0.1, -0.05) is 48.3 Å². The van der Waals surface area contributed by atoms with Crippen molar-refractivity contribution in [3.05, 3.63) is 63.6 Å². The van der Waals surface area contributed by atoms with Crippen molar-refractivity contribution in [3.8, 4) is 0 Å². The molecular weight excluding hydrogens is 331 g/mol. The minimum absolute atomic E-state index is 0.0151. The molecule has 2 aromatic rings. The summed E-state index contributed by atoms with van der Waals surface area (Å²) in [6, 6.07) is 13.5. The maximum Gasteiger partial charge on any atom is 0.224 e. The zero-order valence-corrected chi connectivity index (χ0v) is 14.7. The highest BCUT2D eigenvalue weighted by atomic mass is 35.5. The van der Waals surface area contributed by atoms with Crippen molar-refractivity contribution in [1.29, 1.82) is 0 Å². The molecule has 0 aliphatic heterocycles. The summed E-state index contributed by atoms with van der Waals surface area (Å²) in [4.78, 5) is 11.4. The predicted octanol–water partition coefficient (Wildman–Crippen LogP) is 5.19. The molecule has 5 heteroatoms. The van der Waals surface area contributed by atoms with E-state index in [9.17, 15) is 4.79 Å². The van der Waals surface area contributed by atoms with Crippen LogP contribution in [0.1, 0.15) is 37.4 Å². The van der Waals surface area contributed by atoms with Crippen LogP contribution in [0.15, 0.2) is 42.5 Å². The van der Waals surface area contributed by atoms with Gasteiger partial charge in [-0.25, -0.2) is 0 Å². The van der Waals surface area contributed by atoms with E-state index in [0.717, 1.165) is 16.8 Å². The molecule has 0 radical (unpaired) electrons.